The highest BCUT2D eigenvalue weighted by molar-refractivity contribution is 8.22. The molecule has 0 spiro atoms. The quantitative estimate of drug-likeness (QED) is 0.330. The van der Waals surface area contributed by atoms with Gasteiger partial charge in [0.2, 0.25) is 11.8 Å². The number of nitrogens with zero attached hydrogens (tertiary/aromatic N) is 3. The van der Waals surface area contributed by atoms with Gasteiger partial charge in [-0.15, -0.1) is 15.9 Å². The van der Waals surface area contributed by atoms with Crippen molar-refractivity contribution in [3.8, 4) is 0 Å². The highest BCUT2D eigenvalue weighted by Crippen LogP contribution is 2.63. The van der Waals surface area contributed by atoms with Gasteiger partial charge in [0, 0.05) is 23.7 Å². The number of amides is 1. The van der Waals surface area contributed by atoms with Gasteiger partial charge in [-0.2, -0.15) is 9.29 Å². The minimum atomic E-state index is -3.30. The van der Waals surface area contributed by atoms with Gasteiger partial charge in [0.15, 0.2) is 0 Å². The Balaban J connectivity index is 1.54. The van der Waals surface area contributed by atoms with Crippen molar-refractivity contribution in [1.29, 1.82) is 0 Å². The van der Waals surface area contributed by atoms with Crippen molar-refractivity contribution in [2.24, 2.45) is 0 Å². The van der Waals surface area contributed by atoms with Gasteiger partial charge < -0.3 is 11.1 Å². The van der Waals surface area contributed by atoms with Gasteiger partial charge in [0.1, 0.15) is 11.6 Å². The Bertz CT molecular complexity index is 1210. The third-order valence-corrected chi connectivity index (χ3v) is 8.71. The molecule has 35 heavy (non-hydrogen) atoms. The van der Waals surface area contributed by atoms with E-state index in [1.807, 2.05) is 37.3 Å². The van der Waals surface area contributed by atoms with E-state index in [0.29, 0.717) is 12.8 Å². The first-order valence-electron chi connectivity index (χ1n) is 11.1. The number of hydrogen-bond donors (Lipinski definition) is 5. The van der Waals surface area contributed by atoms with Gasteiger partial charge in [-0.05, 0) is 44.4 Å². The summed E-state index contributed by atoms with van der Waals surface area (Å²) < 4.78 is 53.9. The first kappa shape index (κ1) is 25.0. The first-order valence-corrected chi connectivity index (χ1v) is 12.7. The number of anilines is 1. The van der Waals surface area contributed by atoms with Gasteiger partial charge in [-0.1, -0.05) is 30.3 Å². The summed E-state index contributed by atoms with van der Waals surface area (Å²) in [4.78, 5) is 16.0. The van der Waals surface area contributed by atoms with Gasteiger partial charge in [0.05, 0.1) is 11.3 Å². The number of benzene rings is 2. The van der Waals surface area contributed by atoms with Crippen molar-refractivity contribution in [2.45, 2.75) is 50.6 Å². The second-order valence-corrected chi connectivity index (χ2v) is 10.8. The molecular formula is C23H28F2N6O3S. The average molecular weight is 507 g/mol. The number of nitrogen functional groups attached to an aromatic ring is 1. The fraction of sp³-hybridized carbons (Fsp3) is 0.348. The van der Waals surface area contributed by atoms with E-state index in [9.17, 15) is 13.9 Å². The minimum Gasteiger partial charge on any atom is -0.366 e. The molecule has 6 N–H and O–H groups in total. The largest absolute Gasteiger partial charge is 0.366 e. The van der Waals surface area contributed by atoms with Gasteiger partial charge in [-0.25, -0.2) is 8.78 Å². The number of carbonyl (C=O) groups is 1. The van der Waals surface area contributed by atoms with Crippen LogP contribution in [0.4, 0.5) is 14.7 Å². The van der Waals surface area contributed by atoms with Crippen LogP contribution in [0.1, 0.15) is 65.3 Å². The number of rotatable bonds is 6. The third-order valence-electron chi connectivity index (χ3n) is 6.26. The van der Waals surface area contributed by atoms with E-state index in [4.69, 9.17) is 5.73 Å². The second-order valence-electron chi connectivity index (χ2n) is 8.66. The van der Waals surface area contributed by atoms with Gasteiger partial charge >= 0.3 is 0 Å². The number of hydrogen-bond acceptors (Lipinski definition) is 7. The topological polar surface area (TPSA) is 140 Å². The first-order chi connectivity index (χ1) is 16.6. The molecule has 3 atom stereocenters. The van der Waals surface area contributed by atoms with E-state index >= 15 is 8.78 Å². The Hall–Kier alpha value is -3.06. The molecule has 1 amide bonds. The molecule has 3 aromatic rings. The second kappa shape index (κ2) is 9.90. The molecule has 0 radical (unpaired) electrons. The van der Waals surface area contributed by atoms with Crippen LogP contribution in [-0.4, -0.2) is 40.5 Å². The summed E-state index contributed by atoms with van der Waals surface area (Å²) in [6, 6.07) is 10.1. The fourth-order valence-corrected chi connectivity index (χ4v) is 6.60. The van der Waals surface area contributed by atoms with E-state index in [2.05, 4.69) is 20.5 Å². The molecule has 0 saturated carbocycles. The van der Waals surface area contributed by atoms with E-state index < -0.39 is 39.6 Å². The summed E-state index contributed by atoms with van der Waals surface area (Å²) in [5.41, 5.74) is 6.11. The molecular weight excluding hydrogens is 478 g/mol. The molecule has 9 nitrogen and oxygen atoms in total. The summed E-state index contributed by atoms with van der Waals surface area (Å²) in [5.74, 6) is -2.38. The molecule has 0 aliphatic carbocycles. The van der Waals surface area contributed by atoms with Crippen molar-refractivity contribution < 1.29 is 22.7 Å². The molecule has 1 unspecified atom stereocenters. The smallest absolute Gasteiger partial charge is 0.289 e. The van der Waals surface area contributed by atoms with E-state index in [1.54, 1.807) is 0 Å². The van der Waals surface area contributed by atoms with E-state index in [0.717, 1.165) is 17.7 Å². The van der Waals surface area contributed by atoms with Crippen molar-refractivity contribution in [2.75, 3.05) is 5.73 Å². The number of halogens is 2. The lowest BCUT2D eigenvalue weighted by atomic mass is 10.0. The molecule has 0 bridgehead atoms. The molecule has 1 aliphatic rings. The summed E-state index contributed by atoms with van der Waals surface area (Å²) in [6.45, 7) is 3.17. The lowest BCUT2D eigenvalue weighted by Crippen LogP contribution is -2.41. The number of carbonyl (C=O) groups excluding carboxylic acids is 1. The zero-order valence-electron chi connectivity index (χ0n) is 19.3. The zero-order valence-corrected chi connectivity index (χ0v) is 20.1. The number of aromatic nitrogens is 3. The fourth-order valence-electron chi connectivity index (χ4n) is 4.33. The number of nitrogens with two attached hydrogens (primary N) is 1. The van der Waals surface area contributed by atoms with Crippen molar-refractivity contribution in [3.63, 3.8) is 0 Å². The highest BCUT2D eigenvalue weighted by atomic mass is 32.3. The monoisotopic (exact) mass is 506 g/mol. The average Bonchev–Trinajstić information content (AvgIpc) is 3.25. The summed E-state index contributed by atoms with van der Waals surface area (Å²) >= 11 is 0. The van der Waals surface area contributed by atoms with Crippen molar-refractivity contribution >= 4 is 22.6 Å². The van der Waals surface area contributed by atoms with E-state index in [1.165, 1.54) is 11.2 Å². The summed E-state index contributed by atoms with van der Waals surface area (Å²) in [6.07, 6.45) is 1.25. The predicted octanol–water partition coefficient (Wildman–Crippen LogP) is 4.55. The van der Waals surface area contributed by atoms with Gasteiger partial charge in [-0.3, -0.25) is 19.0 Å². The molecule has 2 heterocycles. The van der Waals surface area contributed by atoms with Crippen molar-refractivity contribution in [3.05, 3.63) is 76.6 Å². The van der Waals surface area contributed by atoms with Crippen LogP contribution in [0.3, 0.4) is 0 Å². The predicted molar refractivity (Wildman–Crippen MR) is 129 cm³/mol. The molecule has 4 rings (SSSR count). The number of H-pyrrole nitrogens is 1. The van der Waals surface area contributed by atoms with Crippen LogP contribution in [0.15, 0.2) is 42.5 Å². The molecule has 188 valence electrons. The van der Waals surface area contributed by atoms with Crippen LogP contribution in [0.5, 0.6) is 0 Å². The Morgan fingerprint density at radius 3 is 2.63 bits per heavy atom. The zero-order chi connectivity index (χ0) is 25.3. The molecule has 1 fully saturated rings. The number of aromatic amines is 1. The maximum absolute atomic E-state index is 15.1. The Morgan fingerprint density at radius 1 is 1.26 bits per heavy atom. The summed E-state index contributed by atoms with van der Waals surface area (Å²) in [5, 5.41) is 7.91. The Kier molecular flexibility index (Phi) is 7.08. The van der Waals surface area contributed by atoms with Gasteiger partial charge in [0.25, 0.3) is 5.91 Å². The highest BCUT2D eigenvalue weighted by Gasteiger charge is 2.41. The molecule has 2 aromatic carbocycles. The lowest BCUT2D eigenvalue weighted by Gasteiger charge is -2.54. The molecule has 12 heteroatoms. The summed E-state index contributed by atoms with van der Waals surface area (Å²) in [7, 11) is -3.30. The normalized spacial score (nSPS) is 21.9. The van der Waals surface area contributed by atoms with Crippen LogP contribution < -0.4 is 11.1 Å². The van der Waals surface area contributed by atoms with Crippen LogP contribution in [0, 0.1) is 11.6 Å². The van der Waals surface area contributed by atoms with Crippen LogP contribution in [-0.2, 0) is 6.54 Å². The van der Waals surface area contributed by atoms with Crippen molar-refractivity contribution in [1.82, 2.24) is 24.8 Å². The SMILES string of the molecule is CC(NC(=O)c1nc(N)n[nH]1)c1cc(F)c(CN2[C@@H](C)CC[C@H](c3ccccc3)S2(O)O)cc1F. The maximum atomic E-state index is 15.1. The van der Waals surface area contributed by atoms with Crippen LogP contribution >= 0.6 is 10.8 Å². The molecule has 1 aromatic heterocycles. The minimum absolute atomic E-state index is 0.00618. The molecule has 1 aliphatic heterocycles. The molecule has 1 saturated heterocycles. The number of nitrogens with one attached hydrogen (secondary N) is 2. The Morgan fingerprint density at radius 2 is 1.97 bits per heavy atom. The maximum Gasteiger partial charge on any atom is 0.289 e. The van der Waals surface area contributed by atoms with Crippen LogP contribution in [0.2, 0.25) is 0 Å². The van der Waals surface area contributed by atoms with Crippen LogP contribution in [0.25, 0.3) is 0 Å². The lowest BCUT2D eigenvalue weighted by molar-refractivity contribution is 0.0929. The third kappa shape index (κ3) is 5.15. The Labute approximate surface area is 203 Å². The standard InChI is InChI=1S/C23H28F2N6O3S/c1-13-8-9-20(15-6-4-3-5-7-15)35(33,34)31(13)12-16-10-19(25)17(11-18(16)24)14(2)27-22(32)21-28-23(26)30-29-21/h3-7,10-11,13-14,20,33-34H,8-9,12H2,1-2H3,(H,27,32)(H3,26,28,29,30)/t13-,14?,20+/m0/s1. The van der Waals surface area contributed by atoms with E-state index in [-0.39, 0.29) is 35.5 Å².